The Morgan fingerprint density at radius 1 is 1.33 bits per heavy atom. The number of hydrogen-bond acceptors (Lipinski definition) is 3. The molecule has 0 radical (unpaired) electrons. The van der Waals surface area contributed by atoms with Crippen molar-refractivity contribution < 1.29 is 14.2 Å². The summed E-state index contributed by atoms with van der Waals surface area (Å²) in [7, 11) is -3.37. The van der Waals surface area contributed by atoms with Crippen LogP contribution in [-0.4, -0.2) is 17.1 Å². The van der Waals surface area contributed by atoms with E-state index < -0.39 is 13.2 Å². The molecule has 0 amide bonds. The van der Waals surface area contributed by atoms with E-state index in [-0.39, 0.29) is 12.5 Å². The Hall–Kier alpha value is -0.890. The monoisotopic (exact) mass is 350 g/mol. The van der Waals surface area contributed by atoms with Gasteiger partial charge in [-0.05, 0) is 42.7 Å². The van der Waals surface area contributed by atoms with E-state index in [0.29, 0.717) is 23.1 Å². The molecule has 1 aromatic carbocycles. The molecule has 134 valence electrons. The van der Waals surface area contributed by atoms with E-state index in [4.69, 9.17) is 4.52 Å². The Balaban J connectivity index is 2.33. The minimum absolute atomic E-state index is 0.0701. The Morgan fingerprint density at radius 2 is 2.00 bits per heavy atom. The van der Waals surface area contributed by atoms with Crippen LogP contribution in [0.2, 0.25) is 0 Å². The minimum Gasteiger partial charge on any atom is -0.382 e. The van der Waals surface area contributed by atoms with Gasteiger partial charge in [0.2, 0.25) is 0 Å². The number of rotatable bonds is 7. The van der Waals surface area contributed by atoms with Crippen molar-refractivity contribution in [1.29, 1.82) is 0 Å². The second-order valence-corrected chi connectivity index (χ2v) is 9.92. The normalized spacial score (nSPS) is 28.3. The van der Waals surface area contributed by atoms with Crippen molar-refractivity contribution in [1.82, 2.24) is 0 Å². The number of aliphatic hydroxyl groups excluding tert-OH is 1. The van der Waals surface area contributed by atoms with E-state index in [9.17, 15) is 9.67 Å². The molecule has 1 aromatic rings. The molecule has 0 bridgehead atoms. The second-order valence-electron chi connectivity index (χ2n) is 7.41. The lowest BCUT2D eigenvalue weighted by Gasteiger charge is -2.39. The zero-order chi connectivity index (χ0) is 17.7. The fourth-order valence-electron chi connectivity index (χ4n) is 3.66. The number of aliphatic hydroxyl groups is 1. The van der Waals surface area contributed by atoms with Crippen molar-refractivity contribution >= 4 is 12.7 Å². The summed E-state index contributed by atoms with van der Waals surface area (Å²) in [5, 5.41) is 11.2. The molecule has 0 spiro atoms. The molecule has 5 atom stereocenters. The first-order chi connectivity index (χ1) is 11.4. The maximum absolute atomic E-state index is 13.7. The van der Waals surface area contributed by atoms with E-state index in [1.165, 1.54) is 6.42 Å². The van der Waals surface area contributed by atoms with Crippen LogP contribution in [0, 0.1) is 17.8 Å². The van der Waals surface area contributed by atoms with Crippen LogP contribution < -0.4 is 5.30 Å². The van der Waals surface area contributed by atoms with Gasteiger partial charge in [-0.1, -0.05) is 51.5 Å². The van der Waals surface area contributed by atoms with Gasteiger partial charge in [0, 0.05) is 11.7 Å². The van der Waals surface area contributed by atoms with Crippen LogP contribution in [0.1, 0.15) is 46.5 Å². The third-order valence-corrected chi connectivity index (χ3v) is 7.74. The quantitative estimate of drug-likeness (QED) is 0.558. The van der Waals surface area contributed by atoms with E-state index >= 15 is 0 Å². The smallest absolute Gasteiger partial charge is 0.260 e. The SMILES string of the molecule is C=CCC(O)[P@@](=O)(O[C@@H]1C[C@H](C)CC[C@H]1C(C)C)c1ccccc1. The molecular weight excluding hydrogens is 319 g/mol. The highest BCUT2D eigenvalue weighted by molar-refractivity contribution is 7.67. The Kier molecular flexibility index (Phi) is 6.86. The molecule has 4 heteroatoms. The standard InChI is InChI=1S/C20H31O3P/c1-5-9-20(21)24(22,17-10-7-6-8-11-17)23-19-14-16(4)12-13-18(19)15(2)3/h5-8,10-11,15-16,18-21H,1,9,12-14H2,2-4H3/t16-,18+,19-,20?,24+/m1/s1. The molecule has 1 aliphatic carbocycles. The number of hydrogen-bond donors (Lipinski definition) is 1. The summed E-state index contributed by atoms with van der Waals surface area (Å²) in [6, 6.07) is 9.16. The Morgan fingerprint density at radius 3 is 2.58 bits per heavy atom. The fourth-order valence-corrected chi connectivity index (χ4v) is 5.93. The van der Waals surface area contributed by atoms with Gasteiger partial charge in [-0.3, -0.25) is 4.57 Å². The van der Waals surface area contributed by atoms with Gasteiger partial charge < -0.3 is 9.63 Å². The lowest BCUT2D eigenvalue weighted by atomic mass is 9.75. The van der Waals surface area contributed by atoms with Crippen LogP contribution in [0.3, 0.4) is 0 Å². The van der Waals surface area contributed by atoms with Gasteiger partial charge in [-0.25, -0.2) is 0 Å². The highest BCUT2D eigenvalue weighted by Gasteiger charge is 2.41. The Labute approximate surface area is 146 Å². The fraction of sp³-hybridized carbons (Fsp3) is 0.600. The molecule has 0 aliphatic heterocycles. The van der Waals surface area contributed by atoms with Gasteiger partial charge in [0.25, 0.3) is 7.37 Å². The van der Waals surface area contributed by atoms with E-state index in [2.05, 4.69) is 27.4 Å². The highest BCUT2D eigenvalue weighted by atomic mass is 31.2. The van der Waals surface area contributed by atoms with Crippen LogP contribution in [-0.2, 0) is 9.09 Å². The average Bonchev–Trinajstić information content (AvgIpc) is 2.55. The summed E-state index contributed by atoms with van der Waals surface area (Å²) in [4.78, 5) is 0. The van der Waals surface area contributed by atoms with Crippen molar-refractivity contribution in [2.75, 3.05) is 0 Å². The van der Waals surface area contributed by atoms with Crippen LogP contribution in [0.25, 0.3) is 0 Å². The van der Waals surface area contributed by atoms with Crippen molar-refractivity contribution in [3.63, 3.8) is 0 Å². The van der Waals surface area contributed by atoms with Gasteiger partial charge in [0.05, 0.1) is 6.10 Å². The largest absolute Gasteiger partial charge is 0.382 e. The summed E-state index contributed by atoms with van der Waals surface area (Å²) in [5.74, 6) is 0.380. The predicted molar refractivity (Wildman–Crippen MR) is 101 cm³/mol. The van der Waals surface area contributed by atoms with E-state index in [0.717, 1.165) is 12.8 Å². The second kappa shape index (κ2) is 8.47. The molecule has 0 aromatic heterocycles. The lowest BCUT2D eigenvalue weighted by Crippen LogP contribution is -2.36. The first-order valence-electron chi connectivity index (χ1n) is 9.01. The third-order valence-electron chi connectivity index (χ3n) is 5.14. The topological polar surface area (TPSA) is 46.5 Å². The first kappa shape index (κ1) is 19.4. The maximum Gasteiger partial charge on any atom is 0.260 e. The minimum atomic E-state index is -3.37. The van der Waals surface area contributed by atoms with Crippen molar-refractivity contribution in [3.05, 3.63) is 43.0 Å². The third kappa shape index (κ3) is 4.39. The molecule has 24 heavy (non-hydrogen) atoms. The maximum atomic E-state index is 13.7. The van der Waals surface area contributed by atoms with Crippen molar-refractivity contribution in [3.8, 4) is 0 Å². The number of benzene rings is 1. The van der Waals surface area contributed by atoms with Crippen LogP contribution in [0.5, 0.6) is 0 Å². The van der Waals surface area contributed by atoms with Crippen LogP contribution >= 0.6 is 7.37 Å². The molecule has 0 heterocycles. The van der Waals surface area contributed by atoms with E-state index in [1.54, 1.807) is 18.2 Å². The Bertz CT molecular complexity index is 570. The van der Waals surface area contributed by atoms with Crippen molar-refractivity contribution in [2.45, 2.75) is 58.4 Å². The molecule has 3 nitrogen and oxygen atoms in total. The molecule has 0 saturated heterocycles. The van der Waals surface area contributed by atoms with Gasteiger partial charge >= 0.3 is 0 Å². The first-order valence-corrected chi connectivity index (χ1v) is 10.7. The zero-order valence-electron chi connectivity index (χ0n) is 15.1. The van der Waals surface area contributed by atoms with Gasteiger partial charge in [-0.2, -0.15) is 0 Å². The molecule has 2 rings (SSSR count). The lowest BCUT2D eigenvalue weighted by molar-refractivity contribution is 0.0429. The molecule has 1 aliphatic rings. The van der Waals surface area contributed by atoms with Gasteiger partial charge in [0.15, 0.2) is 0 Å². The summed E-state index contributed by atoms with van der Waals surface area (Å²) in [6.45, 7) is 10.3. The molecular formula is C20H31O3P. The van der Waals surface area contributed by atoms with E-state index in [1.807, 2.05) is 18.2 Å². The summed E-state index contributed by atoms with van der Waals surface area (Å²) >= 11 is 0. The van der Waals surface area contributed by atoms with Crippen LogP contribution in [0.15, 0.2) is 43.0 Å². The summed E-state index contributed by atoms with van der Waals surface area (Å²) in [5.41, 5.74) is 0. The summed E-state index contributed by atoms with van der Waals surface area (Å²) < 4.78 is 20.0. The molecule has 1 unspecified atom stereocenters. The molecule has 1 saturated carbocycles. The average molecular weight is 350 g/mol. The zero-order valence-corrected chi connectivity index (χ0v) is 16.0. The highest BCUT2D eigenvalue weighted by Crippen LogP contribution is 2.55. The molecule has 1 N–H and O–H groups in total. The van der Waals surface area contributed by atoms with Gasteiger partial charge in [-0.15, -0.1) is 6.58 Å². The predicted octanol–water partition coefficient (Wildman–Crippen LogP) is 4.96. The van der Waals surface area contributed by atoms with Crippen LogP contribution in [0.4, 0.5) is 0 Å². The molecule has 1 fully saturated rings. The van der Waals surface area contributed by atoms with Crippen molar-refractivity contribution in [2.24, 2.45) is 17.8 Å². The van der Waals surface area contributed by atoms with Gasteiger partial charge in [0.1, 0.15) is 5.85 Å². The summed E-state index contributed by atoms with van der Waals surface area (Å²) in [6.07, 6.45) is 4.98.